The fourth-order valence-electron chi connectivity index (χ4n) is 1.57. The van der Waals surface area contributed by atoms with E-state index in [4.69, 9.17) is 4.74 Å². The molecule has 0 unspecified atom stereocenters. The maximum Gasteiger partial charge on any atom is 0.125 e. The van der Waals surface area contributed by atoms with Crippen molar-refractivity contribution in [1.29, 1.82) is 0 Å². The van der Waals surface area contributed by atoms with Crippen LogP contribution in [0.4, 0.5) is 0 Å². The summed E-state index contributed by atoms with van der Waals surface area (Å²) in [4.78, 5) is 8.61. The number of aromatic nitrogens is 2. The minimum atomic E-state index is 0.788. The first-order chi connectivity index (χ1) is 7.70. The average molecular weight is 214 g/mol. The van der Waals surface area contributed by atoms with E-state index < -0.39 is 0 Å². The lowest BCUT2D eigenvalue weighted by molar-refractivity contribution is 0.415. The highest BCUT2D eigenvalue weighted by Crippen LogP contribution is 2.22. The lowest BCUT2D eigenvalue weighted by Crippen LogP contribution is -1.94. The number of ether oxygens (including phenoxy) is 1. The van der Waals surface area contributed by atoms with Crippen molar-refractivity contribution in [3.8, 4) is 17.0 Å². The first kappa shape index (κ1) is 10.6. The van der Waals surface area contributed by atoms with Gasteiger partial charge in [-0.15, -0.1) is 0 Å². The highest BCUT2D eigenvalue weighted by atomic mass is 16.5. The molecule has 3 nitrogen and oxygen atoms in total. The first-order valence-corrected chi connectivity index (χ1v) is 5.15. The molecule has 0 aliphatic rings. The van der Waals surface area contributed by atoms with Gasteiger partial charge in [-0.1, -0.05) is 0 Å². The van der Waals surface area contributed by atoms with Gasteiger partial charge >= 0.3 is 0 Å². The summed E-state index contributed by atoms with van der Waals surface area (Å²) in [7, 11) is 1.66. The van der Waals surface area contributed by atoms with Gasteiger partial charge in [0.25, 0.3) is 0 Å². The van der Waals surface area contributed by atoms with Gasteiger partial charge in [-0.05, 0) is 43.7 Å². The Labute approximate surface area is 95.1 Å². The highest BCUT2D eigenvalue weighted by Gasteiger charge is 2.04. The van der Waals surface area contributed by atoms with Gasteiger partial charge in [0.15, 0.2) is 0 Å². The van der Waals surface area contributed by atoms with Crippen molar-refractivity contribution in [1.82, 2.24) is 9.97 Å². The van der Waals surface area contributed by atoms with Crippen LogP contribution in [0.3, 0.4) is 0 Å². The molecule has 3 heteroatoms. The monoisotopic (exact) mass is 214 g/mol. The van der Waals surface area contributed by atoms with Crippen molar-refractivity contribution in [2.24, 2.45) is 0 Å². The molecule has 2 rings (SSSR count). The van der Waals surface area contributed by atoms with E-state index in [1.807, 2.05) is 44.3 Å². The van der Waals surface area contributed by atoms with Gasteiger partial charge in [-0.25, -0.2) is 9.97 Å². The molecule has 1 aromatic heterocycles. The van der Waals surface area contributed by atoms with Crippen LogP contribution < -0.4 is 4.74 Å². The number of nitrogens with zero attached hydrogens (tertiary/aromatic N) is 2. The third-order valence-electron chi connectivity index (χ3n) is 2.46. The molecule has 0 fully saturated rings. The maximum atomic E-state index is 5.13. The van der Waals surface area contributed by atoms with Crippen LogP contribution in [-0.2, 0) is 0 Å². The third-order valence-corrected chi connectivity index (χ3v) is 2.46. The Hall–Kier alpha value is -1.90. The van der Waals surface area contributed by atoms with Crippen molar-refractivity contribution in [2.75, 3.05) is 7.11 Å². The molecule has 0 N–H and O–H groups in total. The normalized spacial score (nSPS) is 10.2. The van der Waals surface area contributed by atoms with Crippen molar-refractivity contribution >= 4 is 0 Å². The number of hydrogen-bond acceptors (Lipinski definition) is 3. The van der Waals surface area contributed by atoms with E-state index in [0.29, 0.717) is 0 Å². The molecule has 0 spiro atoms. The molecule has 0 bridgehead atoms. The third kappa shape index (κ3) is 2.03. The van der Waals surface area contributed by atoms with Gasteiger partial charge in [-0.3, -0.25) is 0 Å². The zero-order valence-electron chi connectivity index (χ0n) is 9.69. The largest absolute Gasteiger partial charge is 0.497 e. The number of hydrogen-bond donors (Lipinski definition) is 0. The van der Waals surface area contributed by atoms with E-state index in [1.165, 1.54) is 0 Å². The minimum Gasteiger partial charge on any atom is -0.497 e. The van der Waals surface area contributed by atoms with E-state index in [-0.39, 0.29) is 0 Å². The highest BCUT2D eigenvalue weighted by molar-refractivity contribution is 5.63. The summed E-state index contributed by atoms with van der Waals surface area (Å²) in [5.74, 6) is 1.64. The molecule has 0 atom stereocenters. The van der Waals surface area contributed by atoms with E-state index >= 15 is 0 Å². The Kier molecular flexibility index (Phi) is 2.86. The second-order valence-electron chi connectivity index (χ2n) is 3.68. The van der Waals surface area contributed by atoms with Crippen molar-refractivity contribution in [3.05, 3.63) is 41.9 Å². The minimum absolute atomic E-state index is 0.788. The van der Waals surface area contributed by atoms with E-state index in [9.17, 15) is 0 Å². The van der Waals surface area contributed by atoms with Crippen LogP contribution >= 0.6 is 0 Å². The number of methoxy groups -OCH3 is 1. The zero-order valence-corrected chi connectivity index (χ0v) is 9.69. The fraction of sp³-hybridized carbons (Fsp3) is 0.231. The van der Waals surface area contributed by atoms with Crippen LogP contribution in [0.25, 0.3) is 11.3 Å². The molecule has 0 amide bonds. The summed E-state index contributed by atoms with van der Waals surface area (Å²) in [5, 5.41) is 0. The quantitative estimate of drug-likeness (QED) is 0.771. The standard InChI is InChI=1S/C13H14N2O/c1-9-8-14-10(2)15-13(9)11-4-6-12(16-3)7-5-11/h4-8H,1-3H3. The first-order valence-electron chi connectivity index (χ1n) is 5.15. The van der Waals surface area contributed by atoms with Gasteiger partial charge in [0.05, 0.1) is 12.8 Å². The molecule has 1 heterocycles. The lowest BCUT2D eigenvalue weighted by atomic mass is 10.1. The van der Waals surface area contributed by atoms with Crippen LogP contribution in [0.15, 0.2) is 30.5 Å². The van der Waals surface area contributed by atoms with Crippen molar-refractivity contribution in [3.63, 3.8) is 0 Å². The van der Waals surface area contributed by atoms with E-state index in [1.54, 1.807) is 7.11 Å². The molecule has 0 saturated heterocycles. The summed E-state index contributed by atoms with van der Waals surface area (Å²) in [6.07, 6.45) is 1.85. The molecule has 0 aliphatic heterocycles. The summed E-state index contributed by atoms with van der Waals surface area (Å²) in [5.41, 5.74) is 3.15. The van der Waals surface area contributed by atoms with Crippen LogP contribution in [0.5, 0.6) is 5.75 Å². The molecule has 2 aromatic rings. The Bertz CT molecular complexity index is 492. The number of benzene rings is 1. The SMILES string of the molecule is COc1ccc(-c2nc(C)ncc2C)cc1. The molecule has 0 saturated carbocycles. The molecular weight excluding hydrogens is 200 g/mol. The van der Waals surface area contributed by atoms with Crippen LogP contribution in [0.2, 0.25) is 0 Å². The van der Waals surface area contributed by atoms with Crippen molar-refractivity contribution in [2.45, 2.75) is 13.8 Å². The van der Waals surface area contributed by atoms with Crippen molar-refractivity contribution < 1.29 is 4.74 Å². The van der Waals surface area contributed by atoms with E-state index in [0.717, 1.165) is 28.4 Å². The topological polar surface area (TPSA) is 35.0 Å². The molecule has 1 aromatic carbocycles. The summed E-state index contributed by atoms with van der Waals surface area (Å²) in [6, 6.07) is 7.89. The van der Waals surface area contributed by atoms with Gasteiger partial charge in [-0.2, -0.15) is 0 Å². The Morgan fingerprint density at radius 1 is 1.06 bits per heavy atom. The summed E-state index contributed by atoms with van der Waals surface area (Å²) >= 11 is 0. The molecule has 16 heavy (non-hydrogen) atoms. The van der Waals surface area contributed by atoms with Gasteiger partial charge in [0.2, 0.25) is 0 Å². The van der Waals surface area contributed by atoms with Gasteiger partial charge in [0, 0.05) is 11.8 Å². The predicted molar refractivity (Wildman–Crippen MR) is 63.5 cm³/mol. The second-order valence-corrected chi connectivity index (χ2v) is 3.68. The summed E-state index contributed by atoms with van der Waals surface area (Å²) in [6.45, 7) is 3.91. The smallest absolute Gasteiger partial charge is 0.125 e. The zero-order chi connectivity index (χ0) is 11.5. The van der Waals surface area contributed by atoms with E-state index in [2.05, 4.69) is 9.97 Å². The second kappa shape index (κ2) is 4.31. The Morgan fingerprint density at radius 2 is 1.75 bits per heavy atom. The molecule has 0 radical (unpaired) electrons. The average Bonchev–Trinajstić information content (AvgIpc) is 2.32. The maximum absolute atomic E-state index is 5.13. The lowest BCUT2D eigenvalue weighted by Gasteiger charge is -2.06. The predicted octanol–water partition coefficient (Wildman–Crippen LogP) is 2.77. The Balaban J connectivity index is 2.45. The summed E-state index contributed by atoms with van der Waals surface area (Å²) < 4.78 is 5.13. The molecular formula is C13H14N2O. The number of rotatable bonds is 2. The Morgan fingerprint density at radius 3 is 2.38 bits per heavy atom. The van der Waals surface area contributed by atoms with Crippen LogP contribution in [-0.4, -0.2) is 17.1 Å². The fourth-order valence-corrected chi connectivity index (χ4v) is 1.57. The molecule has 0 aliphatic carbocycles. The van der Waals surface area contributed by atoms with Crippen LogP contribution in [0, 0.1) is 13.8 Å². The van der Waals surface area contributed by atoms with Gasteiger partial charge < -0.3 is 4.74 Å². The van der Waals surface area contributed by atoms with Gasteiger partial charge in [0.1, 0.15) is 11.6 Å². The molecule has 82 valence electrons. The van der Waals surface area contributed by atoms with Crippen LogP contribution in [0.1, 0.15) is 11.4 Å². The number of aryl methyl sites for hydroxylation is 2.